The second kappa shape index (κ2) is 6.00. The first kappa shape index (κ1) is 13.2. The summed E-state index contributed by atoms with van der Waals surface area (Å²) in [6.45, 7) is 7.46. The van der Waals surface area contributed by atoms with Gasteiger partial charge in [0.1, 0.15) is 5.82 Å². The molecule has 0 heterocycles. The van der Waals surface area contributed by atoms with Gasteiger partial charge in [0.25, 0.3) is 0 Å². The van der Waals surface area contributed by atoms with Gasteiger partial charge in [-0.05, 0) is 62.0 Å². The van der Waals surface area contributed by atoms with Crippen LogP contribution >= 0.6 is 0 Å². The van der Waals surface area contributed by atoms with E-state index >= 15 is 0 Å². The number of halogens is 1. The molecule has 1 rings (SSSR count). The fourth-order valence-corrected chi connectivity index (χ4v) is 1.95. The van der Waals surface area contributed by atoms with Crippen LogP contribution < -0.4 is 5.32 Å². The molecule has 0 aliphatic carbocycles. The molecule has 0 spiro atoms. The third-order valence-corrected chi connectivity index (χ3v) is 3.20. The van der Waals surface area contributed by atoms with Crippen LogP contribution in [-0.2, 0) is 6.42 Å². The quantitative estimate of drug-likeness (QED) is 0.808. The molecule has 1 aromatic carbocycles. The lowest BCUT2D eigenvalue weighted by atomic mass is 9.87. The number of hydrogen-bond donors (Lipinski definition) is 1. The Kier molecular flexibility index (Phi) is 4.94. The van der Waals surface area contributed by atoms with Crippen LogP contribution in [-0.4, -0.2) is 13.6 Å². The van der Waals surface area contributed by atoms with Crippen molar-refractivity contribution in [2.75, 3.05) is 13.6 Å². The Balaban J connectivity index is 2.80. The molecule has 1 unspecified atom stereocenters. The second-order valence-corrected chi connectivity index (χ2v) is 4.84. The summed E-state index contributed by atoms with van der Waals surface area (Å²) in [5.41, 5.74) is 2.32. The fraction of sp³-hybridized carbons (Fsp3) is 0.571. The normalized spacial score (nSPS) is 13.1. The van der Waals surface area contributed by atoms with Gasteiger partial charge in [0.15, 0.2) is 0 Å². The molecule has 1 atom stereocenters. The summed E-state index contributed by atoms with van der Waals surface area (Å²) < 4.78 is 13.2. The maximum atomic E-state index is 13.2. The Morgan fingerprint density at radius 2 is 2.00 bits per heavy atom. The van der Waals surface area contributed by atoms with Crippen LogP contribution in [0.1, 0.15) is 25.0 Å². The van der Waals surface area contributed by atoms with E-state index < -0.39 is 0 Å². The first-order valence-electron chi connectivity index (χ1n) is 5.94. The van der Waals surface area contributed by atoms with Crippen molar-refractivity contribution in [3.8, 4) is 0 Å². The molecule has 0 aliphatic rings. The third-order valence-electron chi connectivity index (χ3n) is 3.20. The minimum absolute atomic E-state index is 0.132. The maximum Gasteiger partial charge on any atom is 0.123 e. The number of benzene rings is 1. The standard InChI is InChI=1S/C14H22FN/c1-10(2)13(9-16-4)7-12-8-14(15)6-5-11(12)3/h5-6,8,10,13,16H,7,9H2,1-4H3. The van der Waals surface area contributed by atoms with Crippen LogP contribution in [0.5, 0.6) is 0 Å². The number of rotatable bonds is 5. The molecule has 1 N–H and O–H groups in total. The van der Waals surface area contributed by atoms with Crippen molar-refractivity contribution in [2.45, 2.75) is 27.2 Å². The predicted molar refractivity (Wildman–Crippen MR) is 67.1 cm³/mol. The van der Waals surface area contributed by atoms with Crippen molar-refractivity contribution in [1.82, 2.24) is 5.32 Å². The molecular weight excluding hydrogens is 201 g/mol. The molecule has 1 nitrogen and oxygen atoms in total. The summed E-state index contributed by atoms with van der Waals surface area (Å²) in [6, 6.07) is 5.06. The summed E-state index contributed by atoms with van der Waals surface area (Å²) in [5, 5.41) is 3.21. The highest BCUT2D eigenvalue weighted by Gasteiger charge is 2.14. The topological polar surface area (TPSA) is 12.0 Å². The molecule has 0 saturated heterocycles. The summed E-state index contributed by atoms with van der Waals surface area (Å²) in [4.78, 5) is 0. The SMILES string of the molecule is CNCC(Cc1cc(F)ccc1C)C(C)C. The maximum absolute atomic E-state index is 13.2. The summed E-state index contributed by atoms with van der Waals surface area (Å²) in [5.74, 6) is 1.04. The molecule has 0 fully saturated rings. The third kappa shape index (κ3) is 3.60. The smallest absolute Gasteiger partial charge is 0.123 e. The largest absolute Gasteiger partial charge is 0.319 e. The monoisotopic (exact) mass is 223 g/mol. The highest BCUT2D eigenvalue weighted by atomic mass is 19.1. The van der Waals surface area contributed by atoms with Crippen LogP contribution in [0.4, 0.5) is 4.39 Å². The Hall–Kier alpha value is -0.890. The first-order valence-corrected chi connectivity index (χ1v) is 5.94. The van der Waals surface area contributed by atoms with Gasteiger partial charge in [-0.3, -0.25) is 0 Å². The highest BCUT2D eigenvalue weighted by Crippen LogP contribution is 2.20. The van der Waals surface area contributed by atoms with Gasteiger partial charge < -0.3 is 5.32 Å². The zero-order chi connectivity index (χ0) is 12.1. The molecule has 0 aromatic heterocycles. The van der Waals surface area contributed by atoms with Crippen molar-refractivity contribution in [1.29, 1.82) is 0 Å². The van der Waals surface area contributed by atoms with Gasteiger partial charge in [0.05, 0.1) is 0 Å². The molecule has 1 aromatic rings. The van der Waals surface area contributed by atoms with Crippen molar-refractivity contribution < 1.29 is 4.39 Å². The van der Waals surface area contributed by atoms with Crippen molar-refractivity contribution in [3.05, 3.63) is 35.1 Å². The van der Waals surface area contributed by atoms with E-state index in [0.717, 1.165) is 18.5 Å². The van der Waals surface area contributed by atoms with E-state index in [4.69, 9.17) is 0 Å². The van der Waals surface area contributed by atoms with E-state index in [1.807, 2.05) is 20.0 Å². The molecular formula is C14H22FN. The lowest BCUT2D eigenvalue weighted by Gasteiger charge is -2.21. The average molecular weight is 223 g/mol. The number of hydrogen-bond acceptors (Lipinski definition) is 1. The van der Waals surface area contributed by atoms with E-state index in [9.17, 15) is 4.39 Å². The predicted octanol–water partition coefficient (Wildman–Crippen LogP) is 3.17. The van der Waals surface area contributed by atoms with Crippen LogP contribution in [0.3, 0.4) is 0 Å². The Morgan fingerprint density at radius 3 is 2.56 bits per heavy atom. The van der Waals surface area contributed by atoms with Crippen molar-refractivity contribution in [3.63, 3.8) is 0 Å². The van der Waals surface area contributed by atoms with Gasteiger partial charge in [-0.1, -0.05) is 19.9 Å². The fourth-order valence-electron chi connectivity index (χ4n) is 1.95. The molecule has 16 heavy (non-hydrogen) atoms. The van der Waals surface area contributed by atoms with Gasteiger partial charge in [0, 0.05) is 0 Å². The minimum atomic E-state index is -0.132. The minimum Gasteiger partial charge on any atom is -0.319 e. The Morgan fingerprint density at radius 1 is 1.31 bits per heavy atom. The van der Waals surface area contributed by atoms with E-state index in [1.54, 1.807) is 6.07 Å². The molecule has 90 valence electrons. The Bertz CT molecular complexity index is 334. The summed E-state index contributed by atoms with van der Waals surface area (Å²) in [6.07, 6.45) is 0.947. The lowest BCUT2D eigenvalue weighted by Crippen LogP contribution is -2.25. The molecule has 2 heteroatoms. The Labute approximate surface area is 98.1 Å². The molecule has 0 amide bonds. The second-order valence-electron chi connectivity index (χ2n) is 4.84. The van der Waals surface area contributed by atoms with Gasteiger partial charge in [-0.15, -0.1) is 0 Å². The molecule has 0 bridgehead atoms. The first-order chi connectivity index (χ1) is 7.54. The van der Waals surface area contributed by atoms with Gasteiger partial charge in [-0.25, -0.2) is 4.39 Å². The van der Waals surface area contributed by atoms with Crippen molar-refractivity contribution >= 4 is 0 Å². The summed E-state index contributed by atoms with van der Waals surface area (Å²) in [7, 11) is 1.97. The average Bonchev–Trinajstić information content (AvgIpc) is 2.22. The van der Waals surface area contributed by atoms with E-state index in [1.165, 1.54) is 11.6 Å². The van der Waals surface area contributed by atoms with Gasteiger partial charge in [0.2, 0.25) is 0 Å². The van der Waals surface area contributed by atoms with Crippen LogP contribution in [0.2, 0.25) is 0 Å². The number of nitrogens with one attached hydrogen (secondary N) is 1. The molecule has 0 radical (unpaired) electrons. The van der Waals surface area contributed by atoms with Crippen molar-refractivity contribution in [2.24, 2.45) is 11.8 Å². The molecule has 0 aliphatic heterocycles. The number of aryl methyl sites for hydroxylation is 1. The van der Waals surface area contributed by atoms with Crippen LogP contribution in [0.25, 0.3) is 0 Å². The zero-order valence-electron chi connectivity index (χ0n) is 10.7. The lowest BCUT2D eigenvalue weighted by molar-refractivity contribution is 0.369. The van der Waals surface area contributed by atoms with E-state index in [-0.39, 0.29) is 5.82 Å². The van der Waals surface area contributed by atoms with Crippen LogP contribution in [0, 0.1) is 24.6 Å². The highest BCUT2D eigenvalue weighted by molar-refractivity contribution is 5.27. The van der Waals surface area contributed by atoms with Gasteiger partial charge in [-0.2, -0.15) is 0 Å². The zero-order valence-corrected chi connectivity index (χ0v) is 10.7. The van der Waals surface area contributed by atoms with Crippen LogP contribution in [0.15, 0.2) is 18.2 Å². The van der Waals surface area contributed by atoms with E-state index in [2.05, 4.69) is 19.2 Å². The van der Waals surface area contributed by atoms with Gasteiger partial charge >= 0.3 is 0 Å². The summed E-state index contributed by atoms with van der Waals surface area (Å²) >= 11 is 0. The van der Waals surface area contributed by atoms with E-state index in [0.29, 0.717) is 11.8 Å². The molecule has 0 saturated carbocycles.